The fourth-order valence-electron chi connectivity index (χ4n) is 1.39. The summed E-state index contributed by atoms with van der Waals surface area (Å²) in [5.74, 6) is 0.732. The van der Waals surface area contributed by atoms with Crippen molar-refractivity contribution in [3.05, 3.63) is 12.3 Å². The molecule has 2 N–H and O–H groups in total. The van der Waals surface area contributed by atoms with Crippen LogP contribution in [0.5, 0.6) is 0 Å². The van der Waals surface area contributed by atoms with Crippen molar-refractivity contribution in [3.8, 4) is 0 Å². The molecule has 0 aliphatic carbocycles. The SMILES string of the molecule is CCNC(C)CC(=O)Nc1ccnn1C. The lowest BCUT2D eigenvalue weighted by Gasteiger charge is -2.11. The van der Waals surface area contributed by atoms with Crippen LogP contribution in [0.25, 0.3) is 0 Å². The minimum atomic E-state index is 0.00653. The Morgan fingerprint density at radius 1 is 1.67 bits per heavy atom. The molecule has 1 unspecified atom stereocenters. The van der Waals surface area contributed by atoms with Crippen LogP contribution in [0.15, 0.2) is 12.3 Å². The van der Waals surface area contributed by atoms with Gasteiger partial charge in [0.1, 0.15) is 5.82 Å². The van der Waals surface area contributed by atoms with Gasteiger partial charge in [-0.15, -0.1) is 0 Å². The quantitative estimate of drug-likeness (QED) is 0.754. The number of anilines is 1. The van der Waals surface area contributed by atoms with E-state index in [0.29, 0.717) is 6.42 Å². The summed E-state index contributed by atoms with van der Waals surface area (Å²) in [7, 11) is 1.79. The first kappa shape index (κ1) is 11.7. The molecule has 1 heterocycles. The highest BCUT2D eigenvalue weighted by molar-refractivity contribution is 5.90. The zero-order chi connectivity index (χ0) is 11.3. The van der Waals surface area contributed by atoms with E-state index in [1.807, 2.05) is 13.8 Å². The van der Waals surface area contributed by atoms with E-state index < -0.39 is 0 Å². The van der Waals surface area contributed by atoms with Gasteiger partial charge in [-0.3, -0.25) is 9.48 Å². The summed E-state index contributed by atoms with van der Waals surface area (Å²) < 4.78 is 1.63. The van der Waals surface area contributed by atoms with E-state index in [1.165, 1.54) is 0 Å². The van der Waals surface area contributed by atoms with Crippen molar-refractivity contribution in [2.45, 2.75) is 26.3 Å². The molecule has 0 saturated heterocycles. The van der Waals surface area contributed by atoms with Crippen LogP contribution in [0.2, 0.25) is 0 Å². The Balaban J connectivity index is 2.40. The number of nitrogens with one attached hydrogen (secondary N) is 2. The molecule has 0 radical (unpaired) electrons. The van der Waals surface area contributed by atoms with E-state index in [4.69, 9.17) is 0 Å². The van der Waals surface area contributed by atoms with Crippen LogP contribution in [0, 0.1) is 0 Å². The Morgan fingerprint density at radius 2 is 2.40 bits per heavy atom. The van der Waals surface area contributed by atoms with Crippen molar-refractivity contribution < 1.29 is 4.79 Å². The molecule has 5 heteroatoms. The van der Waals surface area contributed by atoms with Gasteiger partial charge in [-0.1, -0.05) is 6.92 Å². The third-order valence-electron chi connectivity index (χ3n) is 2.13. The number of carbonyl (C=O) groups is 1. The number of hydrogen-bond donors (Lipinski definition) is 2. The lowest BCUT2D eigenvalue weighted by molar-refractivity contribution is -0.116. The van der Waals surface area contributed by atoms with Crippen LogP contribution in [-0.2, 0) is 11.8 Å². The molecule has 1 rings (SSSR count). The number of aryl methyl sites for hydroxylation is 1. The van der Waals surface area contributed by atoms with E-state index in [0.717, 1.165) is 12.4 Å². The van der Waals surface area contributed by atoms with Gasteiger partial charge < -0.3 is 10.6 Å². The van der Waals surface area contributed by atoms with Crippen LogP contribution >= 0.6 is 0 Å². The highest BCUT2D eigenvalue weighted by Gasteiger charge is 2.09. The average Bonchev–Trinajstić information content (AvgIpc) is 2.52. The Morgan fingerprint density at radius 3 is 2.93 bits per heavy atom. The van der Waals surface area contributed by atoms with Crippen LogP contribution in [0.1, 0.15) is 20.3 Å². The Bertz CT molecular complexity index is 321. The molecule has 0 fully saturated rings. The largest absolute Gasteiger partial charge is 0.314 e. The van der Waals surface area contributed by atoms with Crippen molar-refractivity contribution in [1.82, 2.24) is 15.1 Å². The Hall–Kier alpha value is -1.36. The predicted molar refractivity (Wildman–Crippen MR) is 59.6 cm³/mol. The molecule has 0 aliphatic rings. The molecule has 0 spiro atoms. The smallest absolute Gasteiger partial charge is 0.227 e. The van der Waals surface area contributed by atoms with E-state index in [-0.39, 0.29) is 11.9 Å². The summed E-state index contributed by atoms with van der Waals surface area (Å²) in [6.07, 6.45) is 2.13. The first-order valence-corrected chi connectivity index (χ1v) is 5.14. The van der Waals surface area contributed by atoms with E-state index in [2.05, 4.69) is 15.7 Å². The summed E-state index contributed by atoms with van der Waals surface area (Å²) >= 11 is 0. The number of nitrogens with zero attached hydrogens (tertiary/aromatic N) is 2. The number of hydrogen-bond acceptors (Lipinski definition) is 3. The fraction of sp³-hybridized carbons (Fsp3) is 0.600. The molecule has 1 atom stereocenters. The van der Waals surface area contributed by atoms with Crippen LogP contribution in [0.4, 0.5) is 5.82 Å². The molecule has 1 aromatic heterocycles. The van der Waals surface area contributed by atoms with Crippen molar-refractivity contribution in [2.75, 3.05) is 11.9 Å². The minimum absolute atomic E-state index is 0.00653. The molecule has 0 aliphatic heterocycles. The Labute approximate surface area is 89.9 Å². The second-order valence-electron chi connectivity index (χ2n) is 3.55. The maximum atomic E-state index is 11.6. The first-order valence-electron chi connectivity index (χ1n) is 5.14. The third kappa shape index (κ3) is 3.71. The van der Waals surface area contributed by atoms with Gasteiger partial charge in [-0.25, -0.2) is 0 Å². The molecule has 5 nitrogen and oxygen atoms in total. The number of rotatable bonds is 5. The van der Waals surface area contributed by atoms with Gasteiger partial charge in [0.05, 0.1) is 6.20 Å². The fourth-order valence-corrected chi connectivity index (χ4v) is 1.39. The van der Waals surface area contributed by atoms with Crippen molar-refractivity contribution in [2.24, 2.45) is 7.05 Å². The predicted octanol–water partition coefficient (Wildman–Crippen LogP) is 0.747. The summed E-state index contributed by atoms with van der Waals surface area (Å²) in [6.45, 7) is 4.89. The summed E-state index contributed by atoms with van der Waals surface area (Å²) in [5.41, 5.74) is 0. The molecule has 84 valence electrons. The van der Waals surface area contributed by atoms with Gasteiger partial charge in [0, 0.05) is 25.6 Å². The zero-order valence-corrected chi connectivity index (χ0v) is 9.45. The Kier molecular flexibility index (Phi) is 4.30. The van der Waals surface area contributed by atoms with E-state index in [1.54, 1.807) is 24.0 Å². The molecule has 0 aromatic carbocycles. The number of carbonyl (C=O) groups excluding carboxylic acids is 1. The number of aromatic nitrogens is 2. The van der Waals surface area contributed by atoms with Crippen LogP contribution in [-0.4, -0.2) is 28.3 Å². The zero-order valence-electron chi connectivity index (χ0n) is 9.45. The summed E-state index contributed by atoms with van der Waals surface area (Å²) in [4.78, 5) is 11.6. The van der Waals surface area contributed by atoms with Gasteiger partial charge in [0.2, 0.25) is 5.91 Å². The molecule has 0 saturated carbocycles. The van der Waals surface area contributed by atoms with E-state index >= 15 is 0 Å². The maximum absolute atomic E-state index is 11.6. The minimum Gasteiger partial charge on any atom is -0.314 e. The van der Waals surface area contributed by atoms with Gasteiger partial charge in [0.25, 0.3) is 0 Å². The first-order chi connectivity index (χ1) is 7.13. The van der Waals surface area contributed by atoms with Gasteiger partial charge in [-0.05, 0) is 13.5 Å². The molecular weight excluding hydrogens is 192 g/mol. The monoisotopic (exact) mass is 210 g/mol. The van der Waals surface area contributed by atoms with Crippen molar-refractivity contribution in [3.63, 3.8) is 0 Å². The lowest BCUT2D eigenvalue weighted by atomic mass is 10.2. The van der Waals surface area contributed by atoms with E-state index in [9.17, 15) is 4.79 Å². The summed E-state index contributed by atoms with van der Waals surface area (Å²) in [6, 6.07) is 1.97. The normalized spacial score (nSPS) is 12.5. The standard InChI is InChI=1S/C10H18N4O/c1-4-11-8(2)7-10(15)13-9-5-6-12-14(9)3/h5-6,8,11H,4,7H2,1-3H3,(H,13,15). The van der Waals surface area contributed by atoms with Crippen molar-refractivity contribution in [1.29, 1.82) is 0 Å². The topological polar surface area (TPSA) is 59.0 Å². The second kappa shape index (κ2) is 5.50. The molecule has 15 heavy (non-hydrogen) atoms. The number of amides is 1. The lowest BCUT2D eigenvalue weighted by Crippen LogP contribution is -2.30. The van der Waals surface area contributed by atoms with Crippen molar-refractivity contribution >= 4 is 11.7 Å². The average molecular weight is 210 g/mol. The highest BCUT2D eigenvalue weighted by Crippen LogP contribution is 2.04. The van der Waals surface area contributed by atoms with Gasteiger partial charge in [0.15, 0.2) is 0 Å². The maximum Gasteiger partial charge on any atom is 0.227 e. The highest BCUT2D eigenvalue weighted by atomic mass is 16.1. The molecule has 1 amide bonds. The molecule has 0 bridgehead atoms. The molecule has 1 aromatic rings. The van der Waals surface area contributed by atoms with Crippen LogP contribution < -0.4 is 10.6 Å². The van der Waals surface area contributed by atoms with Gasteiger partial charge in [-0.2, -0.15) is 5.10 Å². The molecular formula is C10H18N4O. The third-order valence-corrected chi connectivity index (χ3v) is 2.13. The summed E-state index contributed by atoms with van der Waals surface area (Å²) in [5, 5.41) is 9.96. The second-order valence-corrected chi connectivity index (χ2v) is 3.55. The van der Waals surface area contributed by atoms with Gasteiger partial charge >= 0.3 is 0 Å². The van der Waals surface area contributed by atoms with Crippen LogP contribution in [0.3, 0.4) is 0 Å².